The van der Waals surface area contributed by atoms with Crippen LogP contribution in [0, 0.1) is 12.7 Å². The molecule has 3 rings (SSSR count). The Balaban J connectivity index is 2.04. The molecule has 0 heterocycles. The lowest BCUT2D eigenvalue weighted by atomic mass is 10.1. The third-order valence-corrected chi connectivity index (χ3v) is 5.81. The van der Waals surface area contributed by atoms with E-state index in [0.29, 0.717) is 5.56 Å². The predicted octanol–water partition coefficient (Wildman–Crippen LogP) is 5.79. The molecule has 0 saturated heterocycles. The molecule has 0 fully saturated rings. The highest BCUT2D eigenvalue weighted by Gasteiger charge is 2.14. The van der Waals surface area contributed by atoms with E-state index in [4.69, 9.17) is 0 Å². The Labute approximate surface area is 172 Å². The minimum atomic E-state index is -3.88. The predicted molar refractivity (Wildman–Crippen MR) is 114 cm³/mol. The van der Waals surface area contributed by atoms with E-state index in [2.05, 4.69) is 20.3 Å². The molecule has 0 aliphatic heterocycles. The van der Waals surface area contributed by atoms with Crippen LogP contribution in [0.1, 0.15) is 16.7 Å². The van der Waals surface area contributed by atoms with Gasteiger partial charge in [0.1, 0.15) is 5.82 Å². The zero-order chi connectivity index (χ0) is 20.1. The molecule has 0 saturated carbocycles. The maximum absolute atomic E-state index is 13.1. The second-order valence-corrected chi connectivity index (χ2v) is 8.68. The van der Waals surface area contributed by atoms with Crippen LogP contribution in [0.15, 0.2) is 92.6 Å². The Hall–Kier alpha value is -2.57. The van der Waals surface area contributed by atoms with E-state index in [1.165, 1.54) is 24.3 Å². The van der Waals surface area contributed by atoms with Crippen molar-refractivity contribution in [3.63, 3.8) is 0 Å². The number of allylic oxidation sites excluding steroid dienone is 1. The monoisotopic (exact) mass is 457 g/mol. The van der Waals surface area contributed by atoms with Gasteiger partial charge in [-0.25, -0.2) is 4.39 Å². The summed E-state index contributed by atoms with van der Waals surface area (Å²) in [6.07, 6.45) is 3.31. The molecule has 3 aromatic carbocycles. The fourth-order valence-electron chi connectivity index (χ4n) is 2.44. The van der Waals surface area contributed by atoms with Gasteiger partial charge in [-0.2, -0.15) is 12.8 Å². The Morgan fingerprint density at radius 2 is 1.54 bits per heavy atom. The highest BCUT2D eigenvalue weighted by Crippen LogP contribution is 2.18. The third-order valence-electron chi connectivity index (χ3n) is 3.98. The van der Waals surface area contributed by atoms with E-state index in [9.17, 15) is 12.8 Å². The SMILES string of the molecule is Cc1ccc(S(=O)(=O)/N=C(\C=C\c2ccc(F)cc2)c2ccc(Br)cc2)cc1. The van der Waals surface area contributed by atoms with Gasteiger partial charge in [-0.15, -0.1) is 0 Å². The van der Waals surface area contributed by atoms with E-state index < -0.39 is 10.0 Å². The van der Waals surface area contributed by atoms with Crippen LogP contribution in [-0.4, -0.2) is 14.1 Å². The minimum absolute atomic E-state index is 0.128. The summed E-state index contributed by atoms with van der Waals surface area (Å²) in [5, 5.41) is 0. The minimum Gasteiger partial charge on any atom is -0.207 e. The number of hydrogen-bond donors (Lipinski definition) is 0. The molecule has 0 spiro atoms. The normalized spacial score (nSPS) is 12.5. The molecule has 0 unspecified atom stereocenters. The van der Waals surface area contributed by atoms with E-state index in [1.54, 1.807) is 48.6 Å². The first kappa shape index (κ1) is 20.2. The molecule has 3 aromatic rings. The summed E-state index contributed by atoms with van der Waals surface area (Å²) in [4.78, 5) is 0.128. The van der Waals surface area contributed by atoms with Gasteiger partial charge in [0, 0.05) is 10.0 Å². The van der Waals surface area contributed by atoms with Gasteiger partial charge in [-0.05, 0) is 55.0 Å². The zero-order valence-corrected chi connectivity index (χ0v) is 17.4. The van der Waals surface area contributed by atoms with E-state index in [0.717, 1.165) is 15.6 Å². The van der Waals surface area contributed by atoms with Crippen molar-refractivity contribution in [1.82, 2.24) is 0 Å². The zero-order valence-electron chi connectivity index (χ0n) is 15.0. The maximum atomic E-state index is 13.1. The molecule has 0 aromatic heterocycles. The third kappa shape index (κ3) is 5.24. The molecule has 142 valence electrons. The van der Waals surface area contributed by atoms with Gasteiger partial charge >= 0.3 is 0 Å². The number of sulfonamides is 1. The largest absolute Gasteiger partial charge is 0.282 e. The molecule has 0 aliphatic carbocycles. The van der Waals surface area contributed by atoms with Crippen LogP contribution in [0.4, 0.5) is 4.39 Å². The van der Waals surface area contributed by atoms with Crippen molar-refractivity contribution >= 4 is 37.7 Å². The van der Waals surface area contributed by atoms with Crippen molar-refractivity contribution in [2.75, 3.05) is 0 Å². The first-order valence-corrected chi connectivity index (χ1v) is 10.7. The number of hydrogen-bond acceptors (Lipinski definition) is 2. The molecule has 0 N–H and O–H groups in total. The number of nitrogens with zero attached hydrogens (tertiary/aromatic N) is 1. The van der Waals surface area contributed by atoms with Gasteiger partial charge in [0.15, 0.2) is 0 Å². The Morgan fingerprint density at radius 1 is 0.929 bits per heavy atom. The summed E-state index contributed by atoms with van der Waals surface area (Å²) in [6.45, 7) is 1.89. The van der Waals surface area contributed by atoms with E-state index in [-0.39, 0.29) is 16.4 Å². The van der Waals surface area contributed by atoms with Crippen molar-refractivity contribution < 1.29 is 12.8 Å². The van der Waals surface area contributed by atoms with Crippen LogP contribution in [0.3, 0.4) is 0 Å². The summed E-state index contributed by atoms with van der Waals surface area (Å²) in [5.74, 6) is -0.333. The molecule has 3 nitrogen and oxygen atoms in total. The molecule has 0 bridgehead atoms. The molecule has 6 heteroatoms. The summed E-state index contributed by atoms with van der Waals surface area (Å²) in [5.41, 5.74) is 2.64. The molecule has 0 radical (unpaired) electrons. The molecular weight excluding hydrogens is 441 g/mol. The fraction of sp³-hybridized carbons (Fsp3) is 0.0455. The van der Waals surface area contributed by atoms with Gasteiger partial charge in [0.05, 0.1) is 10.6 Å². The quantitative estimate of drug-likeness (QED) is 0.455. The number of rotatable bonds is 5. The summed E-state index contributed by atoms with van der Waals surface area (Å²) >= 11 is 3.37. The Morgan fingerprint density at radius 3 is 2.14 bits per heavy atom. The number of benzene rings is 3. The highest BCUT2D eigenvalue weighted by molar-refractivity contribution is 9.10. The summed E-state index contributed by atoms with van der Waals surface area (Å²) < 4.78 is 43.6. The van der Waals surface area contributed by atoms with Crippen LogP contribution >= 0.6 is 15.9 Å². The van der Waals surface area contributed by atoms with Crippen molar-refractivity contribution in [3.8, 4) is 0 Å². The van der Waals surface area contributed by atoms with Crippen molar-refractivity contribution in [2.45, 2.75) is 11.8 Å². The first-order chi connectivity index (χ1) is 13.3. The smallest absolute Gasteiger partial charge is 0.207 e. The van der Waals surface area contributed by atoms with Gasteiger partial charge in [-0.3, -0.25) is 0 Å². The standard InChI is InChI=1S/C22H17BrFNO2S/c1-16-2-13-21(14-3-16)28(26,27)25-22(18-7-9-19(23)10-8-18)15-6-17-4-11-20(24)12-5-17/h2-15H,1H3/b15-6+,25-22+. The average Bonchev–Trinajstić information content (AvgIpc) is 2.67. The van der Waals surface area contributed by atoms with E-state index >= 15 is 0 Å². The topological polar surface area (TPSA) is 46.5 Å². The molecule has 0 aliphatic rings. The van der Waals surface area contributed by atoms with E-state index in [1.807, 2.05) is 19.1 Å². The average molecular weight is 458 g/mol. The molecular formula is C22H17BrFNO2S. The Kier molecular flexibility index (Phi) is 6.21. The Bertz CT molecular complexity index is 1120. The lowest BCUT2D eigenvalue weighted by molar-refractivity contribution is 0.598. The van der Waals surface area contributed by atoms with Crippen LogP contribution in [0.5, 0.6) is 0 Å². The maximum Gasteiger partial charge on any atom is 0.282 e. The lowest BCUT2D eigenvalue weighted by Gasteiger charge is -2.05. The van der Waals surface area contributed by atoms with Crippen LogP contribution in [0.25, 0.3) is 6.08 Å². The van der Waals surface area contributed by atoms with Crippen LogP contribution in [-0.2, 0) is 10.0 Å². The van der Waals surface area contributed by atoms with Crippen molar-refractivity contribution in [3.05, 3.63) is 106 Å². The van der Waals surface area contributed by atoms with Crippen LogP contribution < -0.4 is 0 Å². The first-order valence-electron chi connectivity index (χ1n) is 8.45. The highest BCUT2D eigenvalue weighted by atomic mass is 79.9. The molecule has 0 amide bonds. The molecule has 28 heavy (non-hydrogen) atoms. The number of halogens is 2. The summed E-state index contributed by atoms with van der Waals surface area (Å²) in [6, 6.07) is 19.6. The second kappa shape index (κ2) is 8.63. The van der Waals surface area contributed by atoms with Gasteiger partial charge < -0.3 is 0 Å². The van der Waals surface area contributed by atoms with Crippen LogP contribution in [0.2, 0.25) is 0 Å². The second-order valence-electron chi connectivity index (χ2n) is 6.16. The lowest BCUT2D eigenvalue weighted by Crippen LogP contribution is -2.04. The van der Waals surface area contributed by atoms with Crippen molar-refractivity contribution in [2.24, 2.45) is 4.40 Å². The fourth-order valence-corrected chi connectivity index (χ4v) is 3.72. The summed E-state index contributed by atoms with van der Waals surface area (Å²) in [7, 11) is -3.88. The van der Waals surface area contributed by atoms with Crippen molar-refractivity contribution in [1.29, 1.82) is 0 Å². The number of aryl methyl sites for hydroxylation is 1. The van der Waals surface area contributed by atoms with Gasteiger partial charge in [-0.1, -0.05) is 64.0 Å². The van der Waals surface area contributed by atoms with Gasteiger partial charge in [0.25, 0.3) is 10.0 Å². The molecule has 0 atom stereocenters. The van der Waals surface area contributed by atoms with Gasteiger partial charge in [0.2, 0.25) is 0 Å².